The molecule has 0 saturated heterocycles. The summed E-state index contributed by atoms with van der Waals surface area (Å²) in [6.07, 6.45) is 0. The number of rotatable bonds is 5. The third-order valence-electron chi connectivity index (χ3n) is 4.46. The Balaban J connectivity index is 2.12. The van der Waals surface area contributed by atoms with Gasteiger partial charge >= 0.3 is 0 Å². The van der Waals surface area contributed by atoms with Gasteiger partial charge in [0.2, 0.25) is 0 Å². The lowest BCUT2D eigenvalue weighted by Gasteiger charge is -2.31. The van der Waals surface area contributed by atoms with E-state index in [9.17, 15) is 0 Å². The van der Waals surface area contributed by atoms with Crippen LogP contribution in [-0.2, 0) is 0 Å². The van der Waals surface area contributed by atoms with Crippen molar-refractivity contribution in [2.45, 2.75) is 39.8 Å². The number of hydrogen-bond donors (Lipinski definition) is 0. The Labute approximate surface area is 174 Å². The van der Waals surface area contributed by atoms with Crippen molar-refractivity contribution in [3.8, 4) is 11.8 Å². The molecule has 0 aliphatic rings. The quantitative estimate of drug-likeness (QED) is 0.365. The zero-order valence-corrected chi connectivity index (χ0v) is 17.6. The molecule has 0 aliphatic heterocycles. The van der Waals surface area contributed by atoms with Crippen molar-refractivity contribution in [2.24, 2.45) is 4.99 Å². The van der Waals surface area contributed by atoms with E-state index in [0.717, 1.165) is 28.2 Å². The summed E-state index contributed by atoms with van der Waals surface area (Å²) in [4.78, 5) is 7.22. The van der Waals surface area contributed by atoms with E-state index in [1.807, 2.05) is 36.4 Å². The Hall–Kier alpha value is -3.31. The predicted molar refractivity (Wildman–Crippen MR) is 125 cm³/mol. The van der Waals surface area contributed by atoms with Gasteiger partial charge < -0.3 is 4.90 Å². The standard InChI is InChI=1S/C27H28N2/c1-21(2)28-26(20-19-23-13-7-5-8-14-23)25-17-11-12-18-27(25)29(22(3)4)24-15-9-6-10-16-24/h5-18,21-22H,1-4H3. The first-order valence-corrected chi connectivity index (χ1v) is 10.1. The third-order valence-corrected chi connectivity index (χ3v) is 4.46. The maximum absolute atomic E-state index is 4.87. The van der Waals surface area contributed by atoms with Crippen LogP contribution < -0.4 is 4.90 Å². The lowest BCUT2D eigenvalue weighted by atomic mass is 10.0. The van der Waals surface area contributed by atoms with Gasteiger partial charge in [-0.2, -0.15) is 0 Å². The van der Waals surface area contributed by atoms with Gasteiger partial charge in [0.25, 0.3) is 0 Å². The molecule has 2 heteroatoms. The van der Waals surface area contributed by atoms with Crippen molar-refractivity contribution in [2.75, 3.05) is 4.90 Å². The molecule has 29 heavy (non-hydrogen) atoms. The van der Waals surface area contributed by atoms with E-state index in [1.165, 1.54) is 0 Å². The fourth-order valence-electron chi connectivity index (χ4n) is 3.27. The van der Waals surface area contributed by atoms with Crippen LogP contribution in [0.4, 0.5) is 11.4 Å². The SMILES string of the molecule is CC(C)N=C(C#Cc1ccccc1)c1ccccc1N(c1ccccc1)C(C)C. The molecule has 0 bridgehead atoms. The van der Waals surface area contributed by atoms with E-state index in [1.54, 1.807) is 0 Å². The topological polar surface area (TPSA) is 15.6 Å². The van der Waals surface area contributed by atoms with Crippen molar-refractivity contribution in [3.05, 3.63) is 96.1 Å². The van der Waals surface area contributed by atoms with E-state index in [4.69, 9.17) is 4.99 Å². The second kappa shape index (κ2) is 9.75. The Morgan fingerprint density at radius 1 is 0.759 bits per heavy atom. The van der Waals surface area contributed by atoms with Crippen molar-refractivity contribution in [3.63, 3.8) is 0 Å². The number of hydrogen-bond acceptors (Lipinski definition) is 2. The van der Waals surface area contributed by atoms with Gasteiger partial charge in [-0.25, -0.2) is 0 Å². The first-order valence-electron chi connectivity index (χ1n) is 10.1. The number of benzene rings is 3. The zero-order valence-electron chi connectivity index (χ0n) is 17.6. The van der Waals surface area contributed by atoms with Crippen LogP contribution in [0, 0.1) is 11.8 Å². The molecule has 0 N–H and O–H groups in total. The smallest absolute Gasteiger partial charge is 0.117 e. The van der Waals surface area contributed by atoms with Crippen LogP contribution in [0.2, 0.25) is 0 Å². The summed E-state index contributed by atoms with van der Waals surface area (Å²) in [6.45, 7) is 8.59. The summed E-state index contributed by atoms with van der Waals surface area (Å²) in [7, 11) is 0. The Morgan fingerprint density at radius 2 is 1.34 bits per heavy atom. The molecule has 0 aliphatic carbocycles. The lowest BCUT2D eigenvalue weighted by Crippen LogP contribution is -2.27. The van der Waals surface area contributed by atoms with Crippen molar-refractivity contribution in [1.82, 2.24) is 0 Å². The monoisotopic (exact) mass is 380 g/mol. The minimum atomic E-state index is 0.160. The van der Waals surface area contributed by atoms with Gasteiger partial charge in [0.05, 0.1) is 5.69 Å². The molecule has 0 saturated carbocycles. The molecular formula is C27H28N2. The predicted octanol–water partition coefficient (Wildman–Crippen LogP) is 6.48. The molecule has 0 spiro atoms. The summed E-state index contributed by atoms with van der Waals surface area (Å²) in [5.41, 5.74) is 5.15. The normalized spacial score (nSPS) is 11.3. The van der Waals surface area contributed by atoms with Gasteiger partial charge in [0.1, 0.15) is 5.71 Å². The molecule has 3 aromatic rings. The maximum Gasteiger partial charge on any atom is 0.117 e. The van der Waals surface area contributed by atoms with E-state index in [2.05, 4.69) is 93.0 Å². The molecule has 0 radical (unpaired) electrons. The molecule has 0 aromatic heterocycles. The van der Waals surface area contributed by atoms with Crippen molar-refractivity contribution < 1.29 is 0 Å². The molecule has 0 atom stereocenters. The van der Waals surface area contributed by atoms with Crippen molar-refractivity contribution >= 4 is 17.1 Å². The number of anilines is 2. The van der Waals surface area contributed by atoms with E-state index < -0.39 is 0 Å². The second-order valence-electron chi connectivity index (χ2n) is 7.50. The highest BCUT2D eigenvalue weighted by Gasteiger charge is 2.18. The van der Waals surface area contributed by atoms with Crippen LogP contribution in [0.1, 0.15) is 38.8 Å². The molecule has 3 aromatic carbocycles. The van der Waals surface area contributed by atoms with Gasteiger partial charge in [-0.1, -0.05) is 60.5 Å². The molecule has 0 heterocycles. The largest absolute Gasteiger partial charge is 0.338 e. The maximum atomic E-state index is 4.87. The van der Waals surface area contributed by atoms with Gasteiger partial charge in [-0.05, 0) is 63.9 Å². The molecular weight excluding hydrogens is 352 g/mol. The molecule has 0 fully saturated rings. The lowest BCUT2D eigenvalue weighted by molar-refractivity contribution is 0.788. The highest BCUT2D eigenvalue weighted by Crippen LogP contribution is 2.31. The minimum Gasteiger partial charge on any atom is -0.338 e. The molecule has 3 rings (SSSR count). The molecule has 0 unspecified atom stereocenters. The molecule has 2 nitrogen and oxygen atoms in total. The summed E-state index contributed by atoms with van der Waals surface area (Å²) in [5.74, 6) is 6.63. The van der Waals surface area contributed by atoms with Gasteiger partial charge in [0.15, 0.2) is 0 Å². The summed E-state index contributed by atoms with van der Waals surface area (Å²) >= 11 is 0. The molecule has 146 valence electrons. The van der Waals surface area contributed by atoms with Crippen LogP contribution in [0.5, 0.6) is 0 Å². The van der Waals surface area contributed by atoms with Crippen LogP contribution in [0.15, 0.2) is 89.9 Å². The summed E-state index contributed by atoms with van der Waals surface area (Å²) in [6, 6.07) is 29.4. The van der Waals surface area contributed by atoms with E-state index in [-0.39, 0.29) is 6.04 Å². The average Bonchev–Trinajstić information content (AvgIpc) is 2.73. The Kier molecular flexibility index (Phi) is 6.87. The third kappa shape index (κ3) is 5.36. The van der Waals surface area contributed by atoms with Crippen LogP contribution >= 0.6 is 0 Å². The van der Waals surface area contributed by atoms with Gasteiger partial charge in [-0.15, -0.1) is 0 Å². The van der Waals surface area contributed by atoms with E-state index in [0.29, 0.717) is 6.04 Å². The van der Waals surface area contributed by atoms with Crippen molar-refractivity contribution in [1.29, 1.82) is 0 Å². The highest BCUT2D eigenvalue weighted by molar-refractivity contribution is 6.16. The number of para-hydroxylation sites is 2. The van der Waals surface area contributed by atoms with Crippen LogP contribution in [0.3, 0.4) is 0 Å². The van der Waals surface area contributed by atoms with Crippen LogP contribution in [-0.4, -0.2) is 17.8 Å². The summed E-state index contributed by atoms with van der Waals surface area (Å²) in [5, 5.41) is 0. The van der Waals surface area contributed by atoms with Gasteiger partial charge in [0, 0.05) is 28.9 Å². The van der Waals surface area contributed by atoms with E-state index >= 15 is 0 Å². The number of aliphatic imine (C=N–C) groups is 1. The summed E-state index contributed by atoms with van der Waals surface area (Å²) < 4.78 is 0. The fourth-order valence-corrected chi connectivity index (χ4v) is 3.27. The first kappa shape index (κ1) is 20.4. The number of nitrogens with zero attached hydrogens (tertiary/aromatic N) is 2. The minimum absolute atomic E-state index is 0.160. The molecule has 0 amide bonds. The Bertz CT molecular complexity index is 1010. The second-order valence-corrected chi connectivity index (χ2v) is 7.50. The average molecular weight is 381 g/mol. The first-order chi connectivity index (χ1) is 14.1. The zero-order chi connectivity index (χ0) is 20.6. The van der Waals surface area contributed by atoms with Crippen LogP contribution in [0.25, 0.3) is 0 Å². The highest BCUT2D eigenvalue weighted by atomic mass is 15.2. The fraction of sp³-hybridized carbons (Fsp3) is 0.222. The Morgan fingerprint density at radius 3 is 1.97 bits per heavy atom. The van der Waals surface area contributed by atoms with Gasteiger partial charge in [-0.3, -0.25) is 4.99 Å².